The monoisotopic (exact) mass is 504 g/mol. The van der Waals surface area contributed by atoms with Gasteiger partial charge in [0, 0.05) is 0 Å². The van der Waals surface area contributed by atoms with Crippen LogP contribution in [0.3, 0.4) is 0 Å². The van der Waals surface area contributed by atoms with Gasteiger partial charge in [-0.15, -0.1) is 0 Å². The van der Waals surface area contributed by atoms with Crippen molar-refractivity contribution >= 4 is 38.9 Å². The van der Waals surface area contributed by atoms with Crippen LogP contribution in [0.1, 0.15) is 11.6 Å². The Morgan fingerprint density at radius 1 is 1.17 bits per heavy atom. The maximum absolute atomic E-state index is 5.53. The van der Waals surface area contributed by atoms with Gasteiger partial charge >= 0.3 is 175 Å². The SMILES string of the molecule is COc1ccc(CNc2ncnc3c2[c]([Sn]([CH3])([CH3])[CH3])nn3C2CNC2)c(OC)c1. The predicted molar refractivity (Wildman–Crippen MR) is 117 cm³/mol. The molecule has 9 heteroatoms. The third-order valence-corrected chi connectivity index (χ3v) is 10.3. The van der Waals surface area contributed by atoms with Crippen molar-refractivity contribution in [2.24, 2.45) is 0 Å². The first-order chi connectivity index (χ1) is 13.9. The average Bonchev–Trinajstić information content (AvgIpc) is 3.05. The quantitative estimate of drug-likeness (QED) is 0.478. The maximum atomic E-state index is 5.53. The number of anilines is 1. The number of methoxy groups -OCH3 is 2. The Bertz CT molecular complexity index is 1030. The van der Waals surface area contributed by atoms with Gasteiger partial charge in [-0.3, -0.25) is 0 Å². The van der Waals surface area contributed by atoms with Gasteiger partial charge in [-0.25, -0.2) is 0 Å². The molecule has 3 aromatic rings. The van der Waals surface area contributed by atoms with Crippen LogP contribution < -0.4 is 23.8 Å². The topological polar surface area (TPSA) is 86.1 Å². The van der Waals surface area contributed by atoms with Gasteiger partial charge in [0.25, 0.3) is 0 Å². The van der Waals surface area contributed by atoms with Crippen LogP contribution in [0.5, 0.6) is 11.5 Å². The Morgan fingerprint density at radius 2 is 1.97 bits per heavy atom. The number of nitrogens with zero attached hydrogens (tertiary/aromatic N) is 4. The van der Waals surface area contributed by atoms with Crippen molar-refractivity contribution in [1.82, 2.24) is 25.1 Å². The average molecular weight is 503 g/mol. The Kier molecular flexibility index (Phi) is 5.56. The van der Waals surface area contributed by atoms with Gasteiger partial charge in [0.2, 0.25) is 0 Å². The van der Waals surface area contributed by atoms with E-state index in [1.807, 2.05) is 18.2 Å². The minimum absolute atomic E-state index is 0.365. The van der Waals surface area contributed by atoms with E-state index in [0.717, 1.165) is 47.0 Å². The number of rotatable bonds is 7. The van der Waals surface area contributed by atoms with Crippen molar-refractivity contribution in [1.29, 1.82) is 0 Å². The number of aromatic nitrogens is 4. The second kappa shape index (κ2) is 7.98. The Hall–Kier alpha value is -2.07. The molecule has 3 heterocycles. The molecule has 2 N–H and O–H groups in total. The normalized spacial score (nSPS) is 14.7. The van der Waals surface area contributed by atoms with Gasteiger partial charge in [-0.05, 0) is 0 Å². The molecule has 2 aromatic heterocycles. The molecule has 4 rings (SSSR count). The molecule has 1 aliphatic heterocycles. The molecule has 0 spiro atoms. The van der Waals surface area contributed by atoms with Gasteiger partial charge < -0.3 is 0 Å². The number of fused-ring (bicyclic) bond motifs is 1. The number of hydrogen-bond acceptors (Lipinski definition) is 7. The van der Waals surface area contributed by atoms with E-state index >= 15 is 0 Å². The van der Waals surface area contributed by atoms with Gasteiger partial charge in [0.1, 0.15) is 0 Å². The summed E-state index contributed by atoms with van der Waals surface area (Å²) in [4.78, 5) is 16.3. The standard InChI is InChI=1S/C17H19N6O2.3CH3.Sn/c1-24-13-4-3-11(15(5-13)25-2)6-19-16-14-9-22-23(12-7-18-8-12)17(14)21-10-20-16;;;;/h3-5,10,12,18H,6-8H2,1-2H3,(H,19,20,21);3*1H3;. The van der Waals surface area contributed by atoms with Crippen LogP contribution in [-0.4, -0.2) is 65.4 Å². The number of ether oxygens (including phenoxy) is 2. The number of hydrogen-bond donors (Lipinski definition) is 2. The number of benzene rings is 1. The van der Waals surface area contributed by atoms with Crippen LogP contribution in [-0.2, 0) is 6.54 Å². The molecule has 154 valence electrons. The molecule has 1 aliphatic rings. The van der Waals surface area contributed by atoms with E-state index in [9.17, 15) is 0 Å². The third kappa shape index (κ3) is 3.87. The zero-order valence-corrected chi connectivity index (χ0v) is 20.5. The second-order valence-electron chi connectivity index (χ2n) is 8.31. The molecule has 8 nitrogen and oxygen atoms in total. The first-order valence-corrected chi connectivity index (χ1v) is 19.8. The molecule has 0 saturated carbocycles. The number of nitrogens with one attached hydrogen (secondary N) is 2. The Morgan fingerprint density at radius 3 is 2.59 bits per heavy atom. The molecule has 0 unspecified atom stereocenters. The molecular weight excluding hydrogens is 475 g/mol. The first kappa shape index (κ1) is 20.2. The van der Waals surface area contributed by atoms with E-state index < -0.39 is 18.4 Å². The summed E-state index contributed by atoms with van der Waals surface area (Å²) in [5.41, 5.74) is 1.97. The molecule has 0 bridgehead atoms. The van der Waals surface area contributed by atoms with Gasteiger partial charge in [0.15, 0.2) is 0 Å². The summed E-state index contributed by atoms with van der Waals surface area (Å²) in [6.45, 7) is 2.46. The van der Waals surface area contributed by atoms with E-state index in [1.165, 1.54) is 3.71 Å². The molecule has 1 fully saturated rings. The second-order valence-corrected chi connectivity index (χ2v) is 22.5. The van der Waals surface area contributed by atoms with Gasteiger partial charge in [0.05, 0.1) is 0 Å². The van der Waals surface area contributed by atoms with Gasteiger partial charge in [-0.1, -0.05) is 0 Å². The first-order valence-electron chi connectivity index (χ1n) is 9.81. The molecule has 29 heavy (non-hydrogen) atoms. The van der Waals surface area contributed by atoms with Crippen LogP contribution in [0.2, 0.25) is 14.8 Å². The molecule has 1 saturated heterocycles. The summed E-state index contributed by atoms with van der Waals surface area (Å²) < 4.78 is 14.1. The zero-order valence-electron chi connectivity index (χ0n) is 17.6. The molecule has 1 aromatic carbocycles. The predicted octanol–water partition coefficient (Wildman–Crippen LogP) is 2.15. The summed E-state index contributed by atoms with van der Waals surface area (Å²) in [5, 5.41) is 13.0. The molecule has 0 aliphatic carbocycles. The van der Waals surface area contributed by atoms with Crippen molar-refractivity contribution in [3.8, 4) is 11.5 Å². The summed E-state index contributed by atoms with van der Waals surface area (Å²) in [6.07, 6.45) is 1.63. The van der Waals surface area contributed by atoms with Crippen molar-refractivity contribution < 1.29 is 9.47 Å². The van der Waals surface area contributed by atoms with Crippen molar-refractivity contribution in [3.63, 3.8) is 0 Å². The van der Waals surface area contributed by atoms with Crippen LogP contribution in [0.4, 0.5) is 5.82 Å². The van der Waals surface area contributed by atoms with Crippen LogP contribution in [0.15, 0.2) is 24.5 Å². The van der Waals surface area contributed by atoms with Gasteiger partial charge in [-0.2, -0.15) is 0 Å². The van der Waals surface area contributed by atoms with E-state index in [1.54, 1.807) is 20.5 Å². The van der Waals surface area contributed by atoms with Crippen molar-refractivity contribution in [3.05, 3.63) is 30.1 Å². The fourth-order valence-corrected chi connectivity index (χ4v) is 7.47. The fourth-order valence-electron chi connectivity index (χ4n) is 3.51. The molecule has 0 amide bonds. The van der Waals surface area contributed by atoms with Crippen LogP contribution in [0, 0.1) is 0 Å². The summed E-state index contributed by atoms with van der Waals surface area (Å²) in [7, 11) is 3.32. The Labute approximate surface area is 174 Å². The van der Waals surface area contributed by atoms with E-state index in [4.69, 9.17) is 14.6 Å². The summed E-state index contributed by atoms with van der Waals surface area (Å²) in [5.74, 6) is 2.40. The van der Waals surface area contributed by atoms with E-state index in [0.29, 0.717) is 12.6 Å². The Balaban J connectivity index is 1.72. The summed E-state index contributed by atoms with van der Waals surface area (Å²) >= 11 is -2.50. The zero-order chi connectivity index (χ0) is 20.6. The van der Waals surface area contributed by atoms with Crippen molar-refractivity contribution in [2.45, 2.75) is 27.4 Å². The van der Waals surface area contributed by atoms with E-state index in [-0.39, 0.29) is 0 Å². The molecule has 0 radical (unpaired) electrons. The molecular formula is C20H28N6O2Sn. The third-order valence-electron chi connectivity index (χ3n) is 5.25. The van der Waals surface area contributed by atoms with Crippen LogP contribution in [0.25, 0.3) is 11.0 Å². The van der Waals surface area contributed by atoms with E-state index in [2.05, 4.69) is 40.1 Å². The minimum atomic E-state index is -2.50. The molecule has 0 atom stereocenters. The van der Waals surface area contributed by atoms with Crippen molar-refractivity contribution in [2.75, 3.05) is 32.6 Å². The summed E-state index contributed by atoms with van der Waals surface area (Å²) in [6, 6.07) is 6.21. The van der Waals surface area contributed by atoms with Crippen LogP contribution >= 0.6 is 0 Å². The fraction of sp³-hybridized carbons (Fsp3) is 0.450.